The molecule has 1 saturated heterocycles. The molecule has 0 aromatic heterocycles. The van der Waals surface area contributed by atoms with Gasteiger partial charge in [0.1, 0.15) is 26.2 Å². The fourth-order valence-corrected chi connectivity index (χ4v) is 5.77. The van der Waals surface area contributed by atoms with Crippen LogP contribution in [-0.4, -0.2) is 32.2 Å². The average Bonchev–Trinajstić information content (AvgIpc) is 2.29. The van der Waals surface area contributed by atoms with Crippen molar-refractivity contribution in [2.45, 2.75) is 38.1 Å². The molecule has 5 rings (SSSR count). The molecule has 5 aliphatic rings. The van der Waals surface area contributed by atoms with Gasteiger partial charge in [0, 0.05) is 11.8 Å². The minimum Gasteiger partial charge on any atom is -0.337 e. The van der Waals surface area contributed by atoms with E-state index in [2.05, 4.69) is 5.32 Å². The predicted molar refractivity (Wildman–Crippen MR) is 63.2 cm³/mol. The zero-order valence-corrected chi connectivity index (χ0v) is 10.3. The maximum absolute atomic E-state index is 2.51. The number of nitrogens with two attached hydrogens (primary N) is 1. The molecule has 1 aliphatic heterocycles. The smallest absolute Gasteiger partial charge is 0.127 e. The molecule has 0 unspecified atom stereocenters. The van der Waals surface area contributed by atoms with Crippen LogP contribution in [0.15, 0.2) is 0 Å². The summed E-state index contributed by atoms with van der Waals surface area (Å²) >= 11 is 0. The number of rotatable bonds is 1. The van der Waals surface area contributed by atoms with Gasteiger partial charge in [0.25, 0.3) is 0 Å². The summed E-state index contributed by atoms with van der Waals surface area (Å²) in [6.45, 7) is 5.68. The van der Waals surface area contributed by atoms with Gasteiger partial charge in [0.15, 0.2) is 0 Å². The van der Waals surface area contributed by atoms with E-state index in [9.17, 15) is 0 Å². The Hall–Kier alpha value is -0.0800. The SMILES string of the molecule is C1C[NH+](C2C3CC4CC(C3)CC2C4)CC[NH2+]1. The Labute approximate surface area is 98.8 Å². The Balaban J connectivity index is 1.55. The molecule has 2 nitrogen and oxygen atoms in total. The Morgan fingerprint density at radius 3 is 1.88 bits per heavy atom. The highest BCUT2D eigenvalue weighted by Gasteiger charge is 2.52. The number of hydrogen-bond acceptors (Lipinski definition) is 0. The van der Waals surface area contributed by atoms with Crippen LogP contribution in [0.3, 0.4) is 0 Å². The Morgan fingerprint density at radius 1 is 0.750 bits per heavy atom. The first-order valence-corrected chi connectivity index (χ1v) is 7.56. The first-order chi connectivity index (χ1) is 7.90. The van der Waals surface area contributed by atoms with Gasteiger partial charge in [0.2, 0.25) is 0 Å². The summed E-state index contributed by atoms with van der Waals surface area (Å²) in [5, 5.41) is 2.51. The van der Waals surface area contributed by atoms with Crippen molar-refractivity contribution in [2.24, 2.45) is 23.7 Å². The third-order valence-corrected chi connectivity index (χ3v) is 6.04. The summed E-state index contributed by atoms with van der Waals surface area (Å²) in [7, 11) is 0. The molecule has 2 heteroatoms. The highest BCUT2D eigenvalue weighted by molar-refractivity contribution is 4.98. The number of nitrogens with one attached hydrogen (secondary N) is 1. The largest absolute Gasteiger partial charge is 0.337 e. The lowest BCUT2D eigenvalue weighted by atomic mass is 9.54. The fourth-order valence-electron chi connectivity index (χ4n) is 5.77. The average molecular weight is 222 g/mol. The number of hydrogen-bond donors (Lipinski definition) is 2. The van der Waals surface area contributed by atoms with E-state index in [1.54, 1.807) is 32.1 Å². The fraction of sp³-hybridized carbons (Fsp3) is 1.00. The first kappa shape index (κ1) is 9.90. The van der Waals surface area contributed by atoms with Crippen LogP contribution in [0, 0.1) is 23.7 Å². The number of piperazine rings is 1. The second kappa shape index (κ2) is 3.71. The van der Waals surface area contributed by atoms with E-state index >= 15 is 0 Å². The molecule has 16 heavy (non-hydrogen) atoms. The van der Waals surface area contributed by atoms with Crippen LogP contribution >= 0.6 is 0 Å². The molecule has 4 saturated carbocycles. The van der Waals surface area contributed by atoms with Crippen molar-refractivity contribution < 1.29 is 10.2 Å². The van der Waals surface area contributed by atoms with E-state index in [4.69, 9.17) is 0 Å². The zero-order valence-electron chi connectivity index (χ0n) is 10.3. The van der Waals surface area contributed by atoms with Crippen LogP contribution in [0.5, 0.6) is 0 Å². The maximum Gasteiger partial charge on any atom is 0.127 e. The quantitative estimate of drug-likeness (QED) is 0.584. The van der Waals surface area contributed by atoms with Crippen LogP contribution in [-0.2, 0) is 0 Å². The molecule has 0 aromatic rings. The molecule has 0 radical (unpaired) electrons. The molecule has 0 spiro atoms. The van der Waals surface area contributed by atoms with Gasteiger partial charge in [-0.25, -0.2) is 0 Å². The molecular weight excluding hydrogens is 196 g/mol. The molecule has 1 heterocycles. The molecule has 3 N–H and O–H groups in total. The molecule has 5 fully saturated rings. The molecule has 0 aromatic carbocycles. The summed E-state index contributed by atoms with van der Waals surface area (Å²) in [6, 6.07) is 1.08. The minimum atomic E-state index is 1.08. The summed E-state index contributed by atoms with van der Waals surface area (Å²) in [4.78, 5) is 2.00. The standard InChI is InChI=1S/C14H24N2/c1-3-16(4-2-15-1)14-12-6-10-5-11(8-12)9-13(14)7-10/h10-15H,1-9H2/p+2. The topological polar surface area (TPSA) is 21.1 Å². The van der Waals surface area contributed by atoms with E-state index in [0.717, 1.165) is 29.7 Å². The van der Waals surface area contributed by atoms with Crippen molar-refractivity contribution in [3.8, 4) is 0 Å². The zero-order chi connectivity index (χ0) is 10.5. The summed E-state index contributed by atoms with van der Waals surface area (Å²) in [5.74, 6) is 4.55. The second-order valence-corrected chi connectivity index (χ2v) is 6.98. The summed E-state index contributed by atoms with van der Waals surface area (Å²) < 4.78 is 0. The van der Waals surface area contributed by atoms with Crippen LogP contribution in [0.2, 0.25) is 0 Å². The van der Waals surface area contributed by atoms with Crippen LogP contribution in [0.1, 0.15) is 32.1 Å². The highest BCUT2D eigenvalue weighted by Crippen LogP contribution is 2.52. The maximum atomic E-state index is 2.51. The van der Waals surface area contributed by atoms with Crippen molar-refractivity contribution in [1.82, 2.24) is 0 Å². The van der Waals surface area contributed by atoms with Crippen LogP contribution in [0.25, 0.3) is 0 Å². The number of quaternary nitrogens is 2. The molecular formula is C14H26N2+2. The second-order valence-electron chi connectivity index (χ2n) is 6.98. The minimum absolute atomic E-state index is 1.08. The summed E-state index contributed by atoms with van der Waals surface area (Å²) in [6.07, 6.45) is 8.01. The van der Waals surface area contributed by atoms with E-state index in [0.29, 0.717) is 0 Å². The molecule has 4 bridgehead atoms. The lowest BCUT2D eigenvalue weighted by molar-refractivity contribution is -0.975. The van der Waals surface area contributed by atoms with E-state index in [1.165, 1.54) is 26.2 Å². The van der Waals surface area contributed by atoms with E-state index in [-0.39, 0.29) is 0 Å². The monoisotopic (exact) mass is 222 g/mol. The molecule has 0 amide bonds. The third kappa shape index (κ3) is 1.46. The molecule has 4 aliphatic carbocycles. The van der Waals surface area contributed by atoms with Gasteiger partial charge >= 0.3 is 0 Å². The predicted octanol–water partition coefficient (Wildman–Crippen LogP) is -0.727. The van der Waals surface area contributed by atoms with Crippen LogP contribution < -0.4 is 10.2 Å². The van der Waals surface area contributed by atoms with Gasteiger partial charge in [-0.3, -0.25) is 0 Å². The van der Waals surface area contributed by atoms with Gasteiger partial charge in [-0.1, -0.05) is 0 Å². The Bertz CT molecular complexity index is 239. The van der Waals surface area contributed by atoms with Crippen molar-refractivity contribution in [3.63, 3.8) is 0 Å². The van der Waals surface area contributed by atoms with Gasteiger partial charge in [-0.2, -0.15) is 0 Å². The van der Waals surface area contributed by atoms with Crippen molar-refractivity contribution >= 4 is 0 Å². The van der Waals surface area contributed by atoms with Gasteiger partial charge in [-0.15, -0.1) is 0 Å². The lowest BCUT2D eigenvalue weighted by Gasteiger charge is -2.55. The van der Waals surface area contributed by atoms with E-state index in [1.807, 2.05) is 4.90 Å². The molecule has 0 atom stereocenters. The molecule has 90 valence electrons. The highest BCUT2D eigenvalue weighted by atomic mass is 15.2. The normalized spacial score (nSPS) is 52.1. The summed E-state index contributed by atoms with van der Waals surface area (Å²) in [5.41, 5.74) is 0. The van der Waals surface area contributed by atoms with Gasteiger partial charge in [-0.05, 0) is 43.9 Å². The van der Waals surface area contributed by atoms with Gasteiger partial charge < -0.3 is 10.2 Å². The lowest BCUT2D eigenvalue weighted by Crippen LogP contribution is -3.24. The van der Waals surface area contributed by atoms with Crippen LogP contribution in [0.4, 0.5) is 0 Å². The van der Waals surface area contributed by atoms with Gasteiger partial charge in [0.05, 0.1) is 6.04 Å². The van der Waals surface area contributed by atoms with Crippen molar-refractivity contribution in [1.29, 1.82) is 0 Å². The first-order valence-electron chi connectivity index (χ1n) is 7.56. The Morgan fingerprint density at radius 2 is 1.31 bits per heavy atom. The van der Waals surface area contributed by atoms with Crippen molar-refractivity contribution in [3.05, 3.63) is 0 Å². The third-order valence-electron chi connectivity index (χ3n) is 6.04. The Kier molecular flexibility index (Phi) is 2.29. The van der Waals surface area contributed by atoms with Crippen molar-refractivity contribution in [2.75, 3.05) is 26.2 Å². The van der Waals surface area contributed by atoms with E-state index < -0.39 is 0 Å².